The summed E-state index contributed by atoms with van der Waals surface area (Å²) in [5, 5.41) is 9.37. The summed E-state index contributed by atoms with van der Waals surface area (Å²) in [7, 11) is 0. The third kappa shape index (κ3) is 3.93. The molecule has 2 heterocycles. The summed E-state index contributed by atoms with van der Waals surface area (Å²) in [4.78, 5) is 30.5. The Bertz CT molecular complexity index is 819. The molecule has 7 heteroatoms. The van der Waals surface area contributed by atoms with Crippen LogP contribution in [0.1, 0.15) is 66.5 Å². The second-order valence-electron chi connectivity index (χ2n) is 7.01. The Kier molecular flexibility index (Phi) is 5.54. The van der Waals surface area contributed by atoms with Crippen LogP contribution in [0.15, 0.2) is 4.79 Å². The van der Waals surface area contributed by atoms with Crippen LogP contribution in [0.3, 0.4) is 0 Å². The maximum atomic E-state index is 11.8. The maximum absolute atomic E-state index is 11.8. The van der Waals surface area contributed by atoms with Crippen LogP contribution < -0.4 is 11.3 Å². The molecule has 0 bridgehead atoms. The smallest absolute Gasteiger partial charge is 0.372 e. The van der Waals surface area contributed by atoms with Gasteiger partial charge in [0.1, 0.15) is 4.83 Å². The summed E-state index contributed by atoms with van der Waals surface area (Å²) in [5.41, 5.74) is 6.50. The Morgan fingerprint density at radius 3 is 2.60 bits per heavy atom. The summed E-state index contributed by atoms with van der Waals surface area (Å²) in [6.07, 6.45) is 9.93. The molecular weight excluding hydrogens is 338 g/mol. The van der Waals surface area contributed by atoms with Crippen molar-refractivity contribution in [2.75, 3.05) is 0 Å². The van der Waals surface area contributed by atoms with Crippen LogP contribution in [-0.2, 0) is 12.8 Å². The third-order valence-corrected chi connectivity index (χ3v) is 6.36. The molecular formula is C18H25N3O3S. The minimum atomic E-state index is -1.20. The number of nitrogens with zero attached hydrogens (tertiary/aromatic N) is 1. The molecule has 2 aromatic rings. The fourth-order valence-electron chi connectivity index (χ4n) is 3.76. The average molecular weight is 363 g/mol. The fourth-order valence-corrected chi connectivity index (χ4v) is 5.03. The van der Waals surface area contributed by atoms with Crippen LogP contribution >= 0.6 is 11.3 Å². The fraction of sp³-hybridized carbons (Fsp3) is 0.611. The number of hydrogen-bond acceptors (Lipinski definition) is 5. The van der Waals surface area contributed by atoms with Gasteiger partial charge in [-0.2, -0.15) is 0 Å². The molecule has 0 saturated heterocycles. The molecule has 25 heavy (non-hydrogen) atoms. The lowest BCUT2D eigenvalue weighted by Gasteiger charge is -2.24. The first kappa shape index (κ1) is 18.1. The van der Waals surface area contributed by atoms with E-state index in [4.69, 9.17) is 10.8 Å². The van der Waals surface area contributed by atoms with E-state index < -0.39 is 5.97 Å². The summed E-state index contributed by atoms with van der Waals surface area (Å²) >= 11 is 1.44. The van der Waals surface area contributed by atoms with Crippen molar-refractivity contribution in [1.29, 1.82) is 0 Å². The van der Waals surface area contributed by atoms with Crippen LogP contribution in [0.5, 0.6) is 0 Å². The van der Waals surface area contributed by atoms with Gasteiger partial charge >= 0.3 is 5.97 Å². The molecule has 0 unspecified atom stereocenters. The molecule has 0 amide bonds. The summed E-state index contributed by atoms with van der Waals surface area (Å²) < 4.78 is 0. The first-order valence-electron chi connectivity index (χ1n) is 9.00. The lowest BCUT2D eigenvalue weighted by molar-refractivity contribution is 0.0683. The van der Waals surface area contributed by atoms with Gasteiger partial charge in [0.2, 0.25) is 5.82 Å². The number of aryl methyl sites for hydroxylation is 2. The number of hydrogen-bond donors (Lipinski definition) is 3. The highest BCUT2D eigenvalue weighted by molar-refractivity contribution is 7.18. The predicted molar refractivity (Wildman–Crippen MR) is 99.4 cm³/mol. The number of carbonyl (C=O) groups is 1. The number of aromatic carboxylic acids is 1. The van der Waals surface area contributed by atoms with Crippen molar-refractivity contribution in [2.45, 2.75) is 64.3 Å². The van der Waals surface area contributed by atoms with E-state index in [9.17, 15) is 9.59 Å². The molecule has 0 aliphatic heterocycles. The summed E-state index contributed by atoms with van der Waals surface area (Å²) in [6.45, 7) is 2.13. The molecule has 0 aromatic carbocycles. The predicted octanol–water partition coefficient (Wildman–Crippen LogP) is 3.09. The number of aromatic nitrogens is 2. The van der Waals surface area contributed by atoms with Crippen molar-refractivity contribution in [2.24, 2.45) is 11.7 Å². The van der Waals surface area contributed by atoms with Crippen LogP contribution in [-0.4, -0.2) is 27.1 Å². The first-order valence-corrected chi connectivity index (χ1v) is 9.82. The van der Waals surface area contributed by atoms with E-state index in [1.165, 1.54) is 48.3 Å². The SMILES string of the molecule is C[C@@H](N)C1CCCCC1.O=C(O)c1nc2sc3c(c2c(=O)[nH]1)CCC3. The minimum Gasteiger partial charge on any atom is -0.475 e. The third-order valence-electron chi connectivity index (χ3n) is 5.17. The van der Waals surface area contributed by atoms with E-state index in [0.29, 0.717) is 16.3 Å². The normalized spacial score (nSPS) is 18.5. The Balaban J connectivity index is 0.000000173. The van der Waals surface area contributed by atoms with E-state index in [1.807, 2.05) is 0 Å². The minimum absolute atomic E-state index is 0.280. The highest BCUT2D eigenvalue weighted by Crippen LogP contribution is 2.34. The zero-order valence-corrected chi connectivity index (χ0v) is 15.3. The van der Waals surface area contributed by atoms with Crippen molar-refractivity contribution in [3.8, 4) is 0 Å². The average Bonchev–Trinajstić information content (AvgIpc) is 3.16. The van der Waals surface area contributed by atoms with Crippen molar-refractivity contribution in [3.05, 3.63) is 26.6 Å². The molecule has 136 valence electrons. The van der Waals surface area contributed by atoms with Gasteiger partial charge < -0.3 is 15.8 Å². The largest absolute Gasteiger partial charge is 0.475 e. The molecule has 2 aliphatic rings. The first-order chi connectivity index (χ1) is 12.0. The van der Waals surface area contributed by atoms with Crippen LogP contribution in [0, 0.1) is 5.92 Å². The Morgan fingerprint density at radius 2 is 2.00 bits per heavy atom. The van der Waals surface area contributed by atoms with Gasteiger partial charge in [-0.05, 0) is 50.5 Å². The number of thiophene rings is 1. The van der Waals surface area contributed by atoms with Gasteiger partial charge in [-0.25, -0.2) is 9.78 Å². The van der Waals surface area contributed by atoms with Gasteiger partial charge in [-0.3, -0.25) is 4.79 Å². The van der Waals surface area contributed by atoms with Crippen molar-refractivity contribution in [3.63, 3.8) is 0 Å². The lowest BCUT2D eigenvalue weighted by Crippen LogP contribution is -2.27. The molecule has 1 saturated carbocycles. The molecule has 2 aromatic heterocycles. The number of rotatable bonds is 2. The lowest BCUT2D eigenvalue weighted by atomic mass is 9.85. The van der Waals surface area contributed by atoms with Gasteiger partial charge in [0.25, 0.3) is 5.56 Å². The highest BCUT2D eigenvalue weighted by atomic mass is 32.1. The number of nitrogens with two attached hydrogens (primary N) is 1. The van der Waals surface area contributed by atoms with Gasteiger partial charge in [0.15, 0.2) is 0 Å². The standard InChI is InChI=1S/C10H8N2O3S.C8H17N/c13-8-6-4-2-1-3-5(4)16-9(6)12-7(11-8)10(14)15;1-7(9)8-5-3-2-4-6-8/h1-3H2,(H,14,15)(H,11,12,13);7-8H,2-6,9H2,1H3/t;7-/m.1/s1. The second-order valence-corrected chi connectivity index (χ2v) is 8.10. The molecule has 0 spiro atoms. The number of fused-ring (bicyclic) bond motifs is 3. The van der Waals surface area contributed by atoms with Gasteiger partial charge in [-0.1, -0.05) is 19.3 Å². The maximum Gasteiger partial charge on any atom is 0.372 e. The monoisotopic (exact) mass is 363 g/mol. The summed E-state index contributed by atoms with van der Waals surface area (Å²) in [5.74, 6) is -0.649. The molecule has 4 N–H and O–H groups in total. The molecule has 2 aliphatic carbocycles. The van der Waals surface area contributed by atoms with E-state index in [0.717, 1.165) is 30.7 Å². The quantitative estimate of drug-likeness (QED) is 0.759. The number of carboxylic acids is 1. The number of aromatic amines is 1. The summed E-state index contributed by atoms with van der Waals surface area (Å²) in [6, 6.07) is 0.435. The molecule has 6 nitrogen and oxygen atoms in total. The Hall–Kier alpha value is -1.73. The Labute approximate surface area is 150 Å². The number of nitrogens with one attached hydrogen (secondary N) is 1. The van der Waals surface area contributed by atoms with Crippen LogP contribution in [0.2, 0.25) is 0 Å². The number of carboxylic acid groups (broad SMARTS) is 1. The van der Waals surface area contributed by atoms with E-state index in [-0.39, 0.29) is 11.4 Å². The van der Waals surface area contributed by atoms with Crippen molar-refractivity contribution >= 4 is 27.5 Å². The highest BCUT2D eigenvalue weighted by Gasteiger charge is 2.22. The van der Waals surface area contributed by atoms with E-state index in [2.05, 4.69) is 16.9 Å². The van der Waals surface area contributed by atoms with Gasteiger partial charge in [-0.15, -0.1) is 11.3 Å². The van der Waals surface area contributed by atoms with E-state index in [1.54, 1.807) is 0 Å². The number of H-pyrrole nitrogens is 1. The van der Waals surface area contributed by atoms with Crippen LogP contribution in [0.25, 0.3) is 10.2 Å². The molecule has 4 rings (SSSR count). The van der Waals surface area contributed by atoms with Gasteiger partial charge in [0, 0.05) is 10.9 Å². The van der Waals surface area contributed by atoms with Crippen molar-refractivity contribution < 1.29 is 9.90 Å². The van der Waals surface area contributed by atoms with Crippen molar-refractivity contribution in [1.82, 2.24) is 9.97 Å². The van der Waals surface area contributed by atoms with E-state index >= 15 is 0 Å². The topological polar surface area (TPSA) is 109 Å². The molecule has 0 radical (unpaired) electrons. The zero-order chi connectivity index (χ0) is 18.0. The zero-order valence-electron chi connectivity index (χ0n) is 14.5. The van der Waals surface area contributed by atoms with Crippen LogP contribution in [0.4, 0.5) is 0 Å². The van der Waals surface area contributed by atoms with Gasteiger partial charge in [0.05, 0.1) is 5.39 Å². The molecule has 1 atom stereocenters. The Morgan fingerprint density at radius 1 is 1.28 bits per heavy atom. The molecule has 1 fully saturated rings. The second kappa shape index (κ2) is 7.66.